The molecule has 2 aromatic carbocycles. The molecule has 3 aromatic heterocycles. The van der Waals surface area contributed by atoms with Crippen molar-refractivity contribution in [1.82, 2.24) is 29.7 Å². The zero-order chi connectivity index (χ0) is 45.2. The van der Waals surface area contributed by atoms with E-state index in [0.29, 0.717) is 88.1 Å². The molecule has 4 bridgehead atoms. The molecule has 4 aliphatic heterocycles. The second kappa shape index (κ2) is 19.8. The molecule has 5 aromatic rings. The third kappa shape index (κ3) is 9.75. The maximum Gasteiger partial charge on any atom is 0.345 e. The maximum atomic E-state index is 13.3. The lowest BCUT2D eigenvalue weighted by Crippen LogP contribution is -2.48. The van der Waals surface area contributed by atoms with E-state index in [9.17, 15) is 9.90 Å². The number of aliphatic carboxylic acids is 1. The number of piperazine rings is 1. The van der Waals surface area contributed by atoms with E-state index < -0.39 is 23.7 Å². The van der Waals surface area contributed by atoms with E-state index in [0.717, 1.165) is 53.3 Å². The SMILES string of the molecule is COc1ccccc1-c1nccc(COc2ccc3cc2C[C@H](C(=O)O)Oc2ncnc4sc(C[C@H]5COCCO5)c(c24)C2=C(C)C(Cl)=C(O[C@H](CN4CCN(C)CC4)O3)C(Cl)C2C)n1. The normalized spacial score (nSPS) is 23.2. The number of alkyl halides is 1. The lowest BCUT2D eigenvalue weighted by atomic mass is 9.81. The van der Waals surface area contributed by atoms with Gasteiger partial charge in [0, 0.05) is 67.1 Å². The Kier molecular flexibility index (Phi) is 13.7. The summed E-state index contributed by atoms with van der Waals surface area (Å²) in [7, 11) is 3.70. The number of aromatic nitrogens is 4. The summed E-state index contributed by atoms with van der Waals surface area (Å²) < 4.78 is 44.0. The summed E-state index contributed by atoms with van der Waals surface area (Å²) in [5.74, 6) is 0.925. The molecular weight excluding hydrogens is 896 g/mol. The van der Waals surface area contributed by atoms with E-state index in [1.165, 1.54) is 17.7 Å². The third-order valence-electron chi connectivity index (χ3n) is 12.1. The van der Waals surface area contributed by atoms with Gasteiger partial charge in [0.2, 0.25) is 12.0 Å². The highest BCUT2D eigenvalue weighted by Gasteiger charge is 2.39. The predicted octanol–water partition coefficient (Wildman–Crippen LogP) is 7.23. The number of likely N-dealkylation sites (N-methyl/N-ethyl adjacent to an activating group) is 1. The summed E-state index contributed by atoms with van der Waals surface area (Å²) in [6.07, 6.45) is 0.940. The first kappa shape index (κ1) is 45.1. The average molecular weight is 946 g/mol. The number of methoxy groups -OCH3 is 1. The van der Waals surface area contributed by atoms with Crippen LogP contribution in [-0.4, -0.2) is 131 Å². The van der Waals surface area contributed by atoms with Crippen molar-refractivity contribution in [3.8, 4) is 34.5 Å². The van der Waals surface area contributed by atoms with Crippen molar-refractivity contribution in [3.63, 3.8) is 0 Å². The van der Waals surface area contributed by atoms with Crippen LogP contribution in [0.25, 0.3) is 27.2 Å². The largest absolute Gasteiger partial charge is 0.496 e. The highest BCUT2D eigenvalue weighted by Crippen LogP contribution is 2.50. The quantitative estimate of drug-likeness (QED) is 0.140. The van der Waals surface area contributed by atoms with Crippen LogP contribution < -0.4 is 18.9 Å². The van der Waals surface area contributed by atoms with Crippen LogP contribution in [0.1, 0.15) is 35.5 Å². The number of carboxylic acid groups (broad SMARTS) is 1. The second-order valence-electron chi connectivity index (χ2n) is 16.5. The van der Waals surface area contributed by atoms with Crippen molar-refractivity contribution < 1.29 is 43.1 Å². The number of hydrogen-bond donors (Lipinski definition) is 1. The Morgan fingerprint density at radius 1 is 1.02 bits per heavy atom. The minimum atomic E-state index is -1.42. The van der Waals surface area contributed by atoms with Gasteiger partial charge >= 0.3 is 5.97 Å². The predicted molar refractivity (Wildman–Crippen MR) is 246 cm³/mol. The number of benzene rings is 2. The highest BCUT2D eigenvalue weighted by atomic mass is 35.5. The van der Waals surface area contributed by atoms with E-state index in [-0.39, 0.29) is 30.9 Å². The van der Waals surface area contributed by atoms with Gasteiger partial charge in [0.1, 0.15) is 40.8 Å². The molecule has 2 fully saturated rings. The molecule has 0 amide bonds. The first-order chi connectivity index (χ1) is 31.5. The van der Waals surface area contributed by atoms with Gasteiger partial charge < -0.3 is 43.2 Å². The highest BCUT2D eigenvalue weighted by molar-refractivity contribution is 7.19. The number of hydrogen-bond acceptors (Lipinski definition) is 15. The second-order valence-corrected chi connectivity index (χ2v) is 18.4. The monoisotopic (exact) mass is 944 g/mol. The molecular formula is C47H50Cl2N6O9S. The summed E-state index contributed by atoms with van der Waals surface area (Å²) >= 11 is 16.3. The molecule has 0 radical (unpaired) electrons. The Bertz CT molecular complexity index is 2610. The first-order valence-corrected chi connectivity index (χ1v) is 23.2. The molecule has 2 saturated heterocycles. The number of ether oxygens (including phenoxy) is 7. The van der Waals surface area contributed by atoms with Crippen LogP contribution in [0.2, 0.25) is 0 Å². The van der Waals surface area contributed by atoms with Gasteiger partial charge in [0.05, 0.1) is 66.6 Å². The number of carbonyl (C=O) groups is 1. The number of halogens is 2. The van der Waals surface area contributed by atoms with Crippen LogP contribution in [-0.2, 0) is 38.5 Å². The smallest absolute Gasteiger partial charge is 0.345 e. The minimum Gasteiger partial charge on any atom is -0.496 e. The van der Waals surface area contributed by atoms with Gasteiger partial charge in [0.25, 0.3) is 6.29 Å². The van der Waals surface area contributed by atoms with Crippen LogP contribution in [0.4, 0.5) is 0 Å². The van der Waals surface area contributed by atoms with Crippen molar-refractivity contribution in [2.75, 3.05) is 66.7 Å². The fraction of sp³-hybridized carbons (Fsp3) is 0.426. The van der Waals surface area contributed by atoms with E-state index >= 15 is 0 Å². The van der Waals surface area contributed by atoms with Gasteiger partial charge in [-0.15, -0.1) is 22.9 Å². The number of fused-ring (bicyclic) bond motifs is 6. The standard InChI is InChI=1S/C47H50Cl2N6O9S/c1-26-38-27(2)42(49)43(41(26)48)64-37(22-55-15-13-54(3)14-16-55)62-30-9-10-33(61-23-29-11-12-50-44(53-29)32-7-5-6-8-34(32)58-4)28(19-30)20-35(47(56)57)63-45-40-39(38)36(65-46(40)52-25-51-45)21-31-24-59-17-18-60-31/h5-12,19,25-26,31,35,37,41H,13-18,20-24H2,1-4H3,(H,56,57)/t26?,31-,35+,37+,41?/m0/s1. The Hall–Kier alpha value is -5.07. The fourth-order valence-electron chi connectivity index (χ4n) is 8.67. The van der Waals surface area contributed by atoms with Gasteiger partial charge in [-0.2, -0.15) is 0 Å². The molecule has 5 atom stereocenters. The summed E-state index contributed by atoms with van der Waals surface area (Å²) in [6.45, 7) is 9.25. The maximum absolute atomic E-state index is 13.3. The Labute approximate surface area is 390 Å². The molecule has 1 N–H and O–H groups in total. The lowest BCUT2D eigenvalue weighted by Gasteiger charge is -2.37. The van der Waals surface area contributed by atoms with Gasteiger partial charge in [0.15, 0.2) is 5.82 Å². The van der Waals surface area contributed by atoms with E-state index in [1.807, 2.05) is 38.1 Å². The van der Waals surface area contributed by atoms with E-state index in [4.69, 9.17) is 61.3 Å². The number of carboxylic acids is 1. The van der Waals surface area contributed by atoms with E-state index in [2.05, 4.69) is 31.8 Å². The summed E-state index contributed by atoms with van der Waals surface area (Å²) in [5.41, 5.74) is 4.23. The summed E-state index contributed by atoms with van der Waals surface area (Å²) in [6, 6.07) is 14.6. The number of allylic oxidation sites excluding steroid dienone is 4. The fourth-order valence-corrected chi connectivity index (χ4v) is 10.5. The van der Waals surface area contributed by atoms with Gasteiger partial charge in [-0.3, -0.25) is 4.90 Å². The molecule has 7 heterocycles. The Balaban J connectivity index is 1.15. The van der Waals surface area contributed by atoms with E-state index in [1.54, 1.807) is 37.6 Å². The zero-order valence-corrected chi connectivity index (χ0v) is 38.8. The molecule has 2 unspecified atom stereocenters. The molecule has 65 heavy (non-hydrogen) atoms. The van der Waals surface area contributed by atoms with Gasteiger partial charge in [-0.05, 0) is 61.5 Å². The summed E-state index contributed by atoms with van der Waals surface area (Å²) in [4.78, 5) is 38.0. The van der Waals surface area contributed by atoms with Crippen molar-refractivity contribution in [1.29, 1.82) is 0 Å². The number of nitrogens with zero attached hydrogens (tertiary/aromatic N) is 6. The summed E-state index contributed by atoms with van der Waals surface area (Å²) in [5, 5.41) is 11.1. The number of para-hydroxylation sites is 1. The minimum absolute atomic E-state index is 0.0470. The third-order valence-corrected chi connectivity index (χ3v) is 14.3. The molecule has 342 valence electrons. The van der Waals surface area contributed by atoms with Gasteiger partial charge in [-0.25, -0.2) is 24.7 Å². The van der Waals surface area contributed by atoms with Crippen molar-refractivity contribution >= 4 is 56.3 Å². The number of rotatable bonds is 10. The molecule has 5 aliphatic rings. The zero-order valence-electron chi connectivity index (χ0n) is 36.5. The van der Waals surface area contributed by atoms with Crippen molar-refractivity contribution in [2.24, 2.45) is 5.92 Å². The van der Waals surface area contributed by atoms with Crippen molar-refractivity contribution in [2.45, 2.75) is 57.2 Å². The topological polar surface area (TPSA) is 160 Å². The molecule has 18 heteroatoms. The van der Waals surface area contributed by atoms with Crippen molar-refractivity contribution in [3.05, 3.63) is 99.1 Å². The van der Waals surface area contributed by atoms with Crippen LogP contribution in [0.15, 0.2) is 77.4 Å². The number of thiophene rings is 1. The molecule has 1 aliphatic carbocycles. The van der Waals surface area contributed by atoms with Gasteiger partial charge in [-0.1, -0.05) is 30.7 Å². The average Bonchev–Trinajstić information content (AvgIpc) is 3.67. The van der Waals surface area contributed by atoms with Crippen LogP contribution in [0.5, 0.6) is 23.1 Å². The van der Waals surface area contributed by atoms with Crippen LogP contribution in [0.3, 0.4) is 0 Å². The molecule has 0 spiro atoms. The molecule has 10 rings (SSSR count). The Morgan fingerprint density at radius 3 is 2.63 bits per heavy atom. The lowest BCUT2D eigenvalue weighted by molar-refractivity contribution is -0.145. The molecule has 15 nitrogen and oxygen atoms in total. The first-order valence-electron chi connectivity index (χ1n) is 21.6. The Morgan fingerprint density at radius 2 is 1.85 bits per heavy atom. The van der Waals surface area contributed by atoms with Crippen LogP contribution in [0, 0.1) is 5.92 Å². The van der Waals surface area contributed by atoms with Crippen LogP contribution >= 0.6 is 34.5 Å². The molecule has 0 saturated carbocycles.